The molecule has 0 saturated heterocycles. The van der Waals surface area contributed by atoms with Crippen LogP contribution in [0, 0.1) is 0 Å². The molecule has 3 rings (SSSR count). The number of nitrogens with two attached hydrogens (primary N) is 1. The second kappa shape index (κ2) is 6.20. The van der Waals surface area contributed by atoms with Crippen LogP contribution in [0.5, 0.6) is 5.88 Å². The fraction of sp³-hybridized carbons (Fsp3) is 0.125. The van der Waals surface area contributed by atoms with Gasteiger partial charge >= 0.3 is 6.18 Å². The van der Waals surface area contributed by atoms with Crippen LogP contribution in [0.15, 0.2) is 57.9 Å². The van der Waals surface area contributed by atoms with E-state index in [1.807, 2.05) is 0 Å². The maximum Gasteiger partial charge on any atom is 0.417 e. The SMILES string of the molecule is COc1cccc(-c2ccc([SH]3C=CN=C3N)cc2C(F)(F)F)n1. The molecule has 1 aliphatic rings. The fourth-order valence-corrected chi connectivity index (χ4v) is 3.84. The number of alkyl halides is 3. The van der Waals surface area contributed by atoms with Crippen molar-refractivity contribution >= 4 is 16.1 Å². The number of amidine groups is 1. The van der Waals surface area contributed by atoms with Gasteiger partial charge in [0.1, 0.15) is 5.17 Å². The lowest BCUT2D eigenvalue weighted by Gasteiger charge is -2.18. The molecule has 4 nitrogen and oxygen atoms in total. The van der Waals surface area contributed by atoms with E-state index in [0.717, 1.165) is 6.07 Å². The average molecular weight is 353 g/mol. The number of nitrogens with zero attached hydrogens (tertiary/aromatic N) is 2. The van der Waals surface area contributed by atoms with Gasteiger partial charge in [-0.05, 0) is 28.5 Å². The molecule has 1 atom stereocenters. The molecule has 24 heavy (non-hydrogen) atoms. The summed E-state index contributed by atoms with van der Waals surface area (Å²) < 4.78 is 45.6. The van der Waals surface area contributed by atoms with Crippen LogP contribution in [0.4, 0.5) is 13.2 Å². The van der Waals surface area contributed by atoms with Gasteiger partial charge in [0.2, 0.25) is 5.88 Å². The van der Waals surface area contributed by atoms with Crippen LogP contribution in [0.2, 0.25) is 0 Å². The zero-order valence-electron chi connectivity index (χ0n) is 12.6. The minimum atomic E-state index is -4.51. The smallest absolute Gasteiger partial charge is 0.417 e. The Morgan fingerprint density at radius 2 is 1.96 bits per heavy atom. The zero-order chi connectivity index (χ0) is 17.3. The van der Waals surface area contributed by atoms with Crippen LogP contribution in [0.1, 0.15) is 5.56 Å². The lowest BCUT2D eigenvalue weighted by atomic mass is 10.0. The molecule has 1 unspecified atom stereocenters. The number of pyridine rings is 1. The van der Waals surface area contributed by atoms with E-state index in [1.54, 1.807) is 23.6 Å². The van der Waals surface area contributed by atoms with E-state index in [9.17, 15) is 13.2 Å². The molecule has 0 aliphatic carbocycles. The van der Waals surface area contributed by atoms with Crippen LogP contribution < -0.4 is 10.5 Å². The normalized spacial score (nSPS) is 18.5. The van der Waals surface area contributed by atoms with Crippen molar-refractivity contribution in [3.8, 4) is 17.1 Å². The first-order chi connectivity index (χ1) is 11.4. The molecule has 0 fully saturated rings. The Morgan fingerprint density at radius 3 is 2.58 bits per heavy atom. The highest BCUT2D eigenvalue weighted by molar-refractivity contribution is 8.32. The Balaban J connectivity index is 2.12. The van der Waals surface area contributed by atoms with E-state index in [1.165, 1.54) is 25.4 Å². The highest BCUT2D eigenvalue weighted by Crippen LogP contribution is 2.45. The first-order valence-electron chi connectivity index (χ1n) is 6.92. The van der Waals surface area contributed by atoms with E-state index in [4.69, 9.17) is 10.5 Å². The number of hydrogen-bond donors (Lipinski definition) is 2. The summed E-state index contributed by atoms with van der Waals surface area (Å²) in [6.07, 6.45) is -2.99. The van der Waals surface area contributed by atoms with Gasteiger partial charge in [0.25, 0.3) is 0 Å². The molecular weight excluding hydrogens is 339 g/mol. The minimum Gasteiger partial charge on any atom is -0.481 e. The van der Waals surface area contributed by atoms with Crippen molar-refractivity contribution < 1.29 is 17.9 Å². The molecule has 0 spiro atoms. The Labute approximate surface area is 139 Å². The molecule has 0 radical (unpaired) electrons. The van der Waals surface area contributed by atoms with Crippen LogP contribution in [0.25, 0.3) is 11.3 Å². The topological polar surface area (TPSA) is 60.5 Å². The Morgan fingerprint density at radius 1 is 1.17 bits per heavy atom. The van der Waals surface area contributed by atoms with Crippen molar-refractivity contribution in [2.24, 2.45) is 10.7 Å². The number of methoxy groups -OCH3 is 1. The van der Waals surface area contributed by atoms with Crippen molar-refractivity contribution in [2.45, 2.75) is 11.1 Å². The molecule has 0 saturated carbocycles. The first kappa shape index (κ1) is 16.4. The van der Waals surface area contributed by atoms with E-state index >= 15 is 0 Å². The van der Waals surface area contributed by atoms with Gasteiger partial charge in [-0.25, -0.2) is 9.98 Å². The number of thiol groups is 1. The minimum absolute atomic E-state index is 0.00108. The largest absolute Gasteiger partial charge is 0.481 e. The second-order valence-corrected chi connectivity index (χ2v) is 6.96. The Hall–Kier alpha value is -2.48. The summed E-state index contributed by atoms with van der Waals surface area (Å²) in [5.41, 5.74) is 5.21. The molecule has 0 amide bonds. The van der Waals surface area contributed by atoms with Crippen molar-refractivity contribution in [2.75, 3.05) is 7.11 Å². The third-order valence-electron chi connectivity index (χ3n) is 3.46. The Bertz CT molecular complexity index is 834. The molecule has 1 aromatic carbocycles. The quantitative estimate of drug-likeness (QED) is 0.822. The molecular formula is C16H14F3N3OS. The van der Waals surface area contributed by atoms with Crippen LogP contribution in [-0.2, 0) is 6.18 Å². The number of aliphatic imine (C=N–C) groups is 1. The van der Waals surface area contributed by atoms with Gasteiger partial charge in [-0.2, -0.15) is 13.2 Å². The third kappa shape index (κ3) is 3.09. The van der Waals surface area contributed by atoms with E-state index in [2.05, 4.69) is 9.98 Å². The van der Waals surface area contributed by atoms with Crippen LogP contribution in [-0.4, -0.2) is 17.3 Å². The van der Waals surface area contributed by atoms with E-state index in [0.29, 0.717) is 10.1 Å². The molecule has 2 aromatic rings. The predicted molar refractivity (Wildman–Crippen MR) is 89.2 cm³/mol. The lowest BCUT2D eigenvalue weighted by Crippen LogP contribution is -2.11. The fourth-order valence-electron chi connectivity index (χ4n) is 2.35. The summed E-state index contributed by atoms with van der Waals surface area (Å²) in [4.78, 5) is 8.52. The van der Waals surface area contributed by atoms with E-state index in [-0.39, 0.29) is 17.1 Å². The van der Waals surface area contributed by atoms with Gasteiger partial charge in [0, 0.05) is 17.8 Å². The zero-order valence-corrected chi connectivity index (χ0v) is 13.5. The standard InChI is InChI=1S/C16H14F3N3OS/c1-23-14-4-2-3-13(22-14)11-6-5-10(9-12(11)16(17,18)19)24-8-7-21-15(24)20/h2-9,24H,1H3,(H2,20,21). The van der Waals surface area contributed by atoms with Gasteiger partial charge in [-0.1, -0.05) is 12.1 Å². The highest BCUT2D eigenvalue weighted by Gasteiger charge is 2.35. The maximum absolute atomic E-state index is 13.5. The molecule has 2 N–H and O–H groups in total. The van der Waals surface area contributed by atoms with Crippen LogP contribution >= 0.6 is 10.9 Å². The number of hydrogen-bond acceptors (Lipinski definition) is 4. The predicted octanol–water partition coefficient (Wildman–Crippen LogP) is 3.94. The summed E-state index contributed by atoms with van der Waals surface area (Å²) in [6.45, 7) is 0. The second-order valence-electron chi connectivity index (χ2n) is 4.95. The summed E-state index contributed by atoms with van der Waals surface area (Å²) in [5.74, 6) is 0.254. The van der Waals surface area contributed by atoms with Crippen molar-refractivity contribution in [3.05, 3.63) is 53.6 Å². The third-order valence-corrected chi connectivity index (χ3v) is 5.34. The van der Waals surface area contributed by atoms with Gasteiger partial charge in [-0.15, -0.1) is 10.9 Å². The molecule has 126 valence electrons. The average Bonchev–Trinajstić information content (AvgIpc) is 2.99. The first-order valence-corrected chi connectivity index (χ1v) is 8.33. The number of halogens is 3. The van der Waals surface area contributed by atoms with Crippen molar-refractivity contribution in [1.82, 2.24) is 4.98 Å². The van der Waals surface area contributed by atoms with Gasteiger partial charge < -0.3 is 10.5 Å². The molecule has 1 aromatic heterocycles. The molecule has 1 aliphatic heterocycles. The van der Waals surface area contributed by atoms with Crippen LogP contribution in [0.3, 0.4) is 0 Å². The summed E-state index contributed by atoms with van der Waals surface area (Å²) >= 11 is 0. The highest BCUT2D eigenvalue weighted by atomic mass is 32.2. The number of ether oxygens (including phenoxy) is 1. The monoisotopic (exact) mass is 353 g/mol. The van der Waals surface area contributed by atoms with Gasteiger partial charge in [0.15, 0.2) is 0 Å². The number of rotatable bonds is 3. The van der Waals surface area contributed by atoms with E-state index < -0.39 is 22.6 Å². The molecule has 2 heterocycles. The summed E-state index contributed by atoms with van der Waals surface area (Å²) in [7, 11) is 0.260. The molecule has 0 bridgehead atoms. The van der Waals surface area contributed by atoms with Gasteiger partial charge in [-0.3, -0.25) is 0 Å². The number of benzene rings is 1. The maximum atomic E-state index is 13.5. The molecule has 8 heteroatoms. The number of aromatic nitrogens is 1. The summed E-state index contributed by atoms with van der Waals surface area (Å²) in [6, 6.07) is 8.87. The summed E-state index contributed by atoms with van der Waals surface area (Å²) in [5, 5.41) is 2.06. The lowest BCUT2D eigenvalue weighted by molar-refractivity contribution is -0.137. The van der Waals surface area contributed by atoms with Crippen molar-refractivity contribution in [3.63, 3.8) is 0 Å². The van der Waals surface area contributed by atoms with Gasteiger partial charge in [0.05, 0.1) is 18.4 Å². The van der Waals surface area contributed by atoms with Crippen molar-refractivity contribution in [1.29, 1.82) is 0 Å². The Kier molecular flexibility index (Phi) is 4.23.